The summed E-state index contributed by atoms with van der Waals surface area (Å²) in [6, 6.07) is 5.08. The lowest BCUT2D eigenvalue weighted by Gasteiger charge is -2.08. The Morgan fingerprint density at radius 1 is 1.38 bits per heavy atom. The molecule has 2 nitrogen and oxygen atoms in total. The predicted octanol–water partition coefficient (Wildman–Crippen LogP) is 2.78. The first-order valence-corrected chi connectivity index (χ1v) is 5.49. The van der Waals surface area contributed by atoms with Gasteiger partial charge in [0.05, 0.1) is 5.75 Å². The van der Waals surface area contributed by atoms with Crippen molar-refractivity contribution in [1.82, 2.24) is 0 Å². The molecule has 0 aliphatic carbocycles. The first kappa shape index (κ1) is 11.2. The molecule has 72 valence electrons. The second kappa shape index (κ2) is 4.60. The highest BCUT2D eigenvalue weighted by atomic mass is 35.6. The van der Waals surface area contributed by atoms with Crippen LogP contribution in [0.4, 0.5) is 0 Å². The van der Waals surface area contributed by atoms with Crippen LogP contribution in [0.2, 0.25) is 0 Å². The maximum absolute atomic E-state index is 11.1. The zero-order valence-electron chi connectivity index (χ0n) is 6.41. The number of aromatic nitrogens is 1. The fourth-order valence-corrected chi connectivity index (χ4v) is 1.85. The lowest BCUT2D eigenvalue weighted by atomic mass is 10.5. The van der Waals surface area contributed by atoms with Crippen molar-refractivity contribution < 1.29 is 4.73 Å². The van der Waals surface area contributed by atoms with E-state index in [-0.39, 0.29) is 5.75 Å². The Hall–Kier alpha value is 0.170. The molecule has 1 aromatic heterocycles. The van der Waals surface area contributed by atoms with E-state index in [1.807, 2.05) is 0 Å². The second-order valence-corrected chi connectivity index (χ2v) is 5.78. The van der Waals surface area contributed by atoms with Crippen molar-refractivity contribution in [2.24, 2.45) is 0 Å². The normalized spacial score (nSPS) is 11.6. The highest BCUT2D eigenvalue weighted by Gasteiger charge is 2.21. The molecule has 0 unspecified atom stereocenters. The lowest BCUT2D eigenvalue weighted by molar-refractivity contribution is -0.645. The van der Waals surface area contributed by atoms with E-state index in [0.29, 0.717) is 5.03 Å². The van der Waals surface area contributed by atoms with Crippen LogP contribution in [-0.4, -0.2) is 9.55 Å². The molecule has 0 radical (unpaired) electrons. The molecule has 0 bridgehead atoms. The Balaban J connectivity index is 2.60. The summed E-state index contributed by atoms with van der Waals surface area (Å²) in [5, 5.41) is 11.6. The summed E-state index contributed by atoms with van der Waals surface area (Å²) in [4.78, 5) is 0. The van der Waals surface area contributed by atoms with Crippen molar-refractivity contribution in [2.75, 3.05) is 5.75 Å². The van der Waals surface area contributed by atoms with Gasteiger partial charge in [0.15, 0.2) is 9.99 Å². The van der Waals surface area contributed by atoms with Gasteiger partial charge in [0.1, 0.15) is 0 Å². The van der Waals surface area contributed by atoms with Gasteiger partial charge in [-0.05, 0) is 6.07 Å². The van der Waals surface area contributed by atoms with Crippen molar-refractivity contribution >= 4 is 46.6 Å². The fourth-order valence-electron chi connectivity index (χ4n) is 0.680. The van der Waals surface area contributed by atoms with E-state index in [9.17, 15) is 5.21 Å². The van der Waals surface area contributed by atoms with Gasteiger partial charge in [-0.15, -0.1) is 0 Å². The maximum atomic E-state index is 11.1. The van der Waals surface area contributed by atoms with Crippen molar-refractivity contribution in [2.45, 2.75) is 8.82 Å². The molecule has 1 rings (SSSR count). The second-order valence-electron chi connectivity index (χ2n) is 2.27. The Morgan fingerprint density at radius 3 is 2.62 bits per heavy atom. The zero-order valence-corrected chi connectivity index (χ0v) is 9.50. The molecule has 0 aromatic carbocycles. The van der Waals surface area contributed by atoms with E-state index in [1.54, 1.807) is 18.2 Å². The molecule has 1 heterocycles. The molecular formula is C7H6Cl3NOS. The number of alkyl halides is 3. The van der Waals surface area contributed by atoms with Crippen molar-refractivity contribution in [1.29, 1.82) is 0 Å². The number of nitrogens with zero attached hydrogens (tertiary/aromatic N) is 1. The molecule has 0 fully saturated rings. The predicted molar refractivity (Wildman–Crippen MR) is 56.4 cm³/mol. The fraction of sp³-hybridized carbons (Fsp3) is 0.286. The molecule has 0 aliphatic rings. The first-order valence-electron chi connectivity index (χ1n) is 3.37. The molecule has 0 N–H and O–H groups in total. The van der Waals surface area contributed by atoms with Crippen LogP contribution < -0.4 is 4.73 Å². The first-order chi connectivity index (χ1) is 5.99. The van der Waals surface area contributed by atoms with E-state index in [2.05, 4.69) is 0 Å². The van der Waals surface area contributed by atoms with E-state index in [4.69, 9.17) is 34.8 Å². The zero-order chi connectivity index (χ0) is 9.90. The smallest absolute Gasteiger partial charge is 0.251 e. The van der Waals surface area contributed by atoms with Gasteiger partial charge < -0.3 is 5.21 Å². The SMILES string of the molecule is [O-][n+]1ccccc1SCC(Cl)(Cl)Cl. The summed E-state index contributed by atoms with van der Waals surface area (Å²) in [6.07, 6.45) is 1.40. The third kappa shape index (κ3) is 4.27. The van der Waals surface area contributed by atoms with Crippen LogP contribution in [0, 0.1) is 5.21 Å². The molecular weight excluding hydrogens is 253 g/mol. The molecule has 0 aliphatic heterocycles. The third-order valence-corrected chi connectivity index (χ3v) is 3.24. The third-order valence-electron chi connectivity index (χ3n) is 1.17. The van der Waals surface area contributed by atoms with Gasteiger partial charge >= 0.3 is 0 Å². The number of hydrogen-bond acceptors (Lipinski definition) is 2. The molecule has 0 saturated heterocycles. The Bertz CT molecular complexity index is 289. The van der Waals surface area contributed by atoms with Crippen molar-refractivity contribution in [3.05, 3.63) is 29.6 Å². The Kier molecular flexibility index (Phi) is 3.98. The summed E-state index contributed by atoms with van der Waals surface area (Å²) in [7, 11) is 0. The Morgan fingerprint density at radius 2 is 2.08 bits per heavy atom. The van der Waals surface area contributed by atoms with Crippen LogP contribution in [0.15, 0.2) is 29.4 Å². The number of thioether (sulfide) groups is 1. The minimum Gasteiger partial charge on any atom is -0.618 e. The molecule has 1 aromatic rings. The van der Waals surface area contributed by atoms with Gasteiger partial charge in [0.2, 0.25) is 0 Å². The number of halogens is 3. The van der Waals surface area contributed by atoms with Crippen LogP contribution in [0.5, 0.6) is 0 Å². The summed E-state index contributed by atoms with van der Waals surface area (Å²) < 4.78 is -0.589. The number of rotatable bonds is 2. The Labute approximate surface area is 95.4 Å². The van der Waals surface area contributed by atoms with Gasteiger partial charge in [-0.1, -0.05) is 46.6 Å². The van der Waals surface area contributed by atoms with Crippen LogP contribution >= 0.6 is 46.6 Å². The van der Waals surface area contributed by atoms with E-state index < -0.39 is 3.79 Å². The van der Waals surface area contributed by atoms with E-state index in [1.165, 1.54) is 18.0 Å². The lowest BCUT2D eigenvalue weighted by Crippen LogP contribution is -2.28. The maximum Gasteiger partial charge on any atom is 0.251 e. The van der Waals surface area contributed by atoms with Crippen molar-refractivity contribution in [3.8, 4) is 0 Å². The minimum absolute atomic E-state index is 0.254. The standard InChI is InChI=1S/C7H6Cl3NOS/c8-7(9,10)5-13-6-3-1-2-4-11(6)12/h1-4H,5H2. The highest BCUT2D eigenvalue weighted by molar-refractivity contribution is 7.99. The van der Waals surface area contributed by atoms with Gasteiger partial charge in [0, 0.05) is 12.1 Å². The van der Waals surface area contributed by atoms with Gasteiger partial charge in [0.25, 0.3) is 5.03 Å². The quantitative estimate of drug-likeness (QED) is 0.353. The van der Waals surface area contributed by atoms with E-state index in [0.717, 1.165) is 4.73 Å². The molecule has 0 saturated carbocycles. The van der Waals surface area contributed by atoms with Crippen LogP contribution in [0.25, 0.3) is 0 Å². The summed E-state index contributed by atoms with van der Waals surface area (Å²) in [5.41, 5.74) is 0. The van der Waals surface area contributed by atoms with Crippen LogP contribution in [-0.2, 0) is 0 Å². The molecule has 0 amide bonds. The monoisotopic (exact) mass is 257 g/mol. The average Bonchev–Trinajstić information content (AvgIpc) is 2.01. The summed E-state index contributed by atoms with van der Waals surface area (Å²) in [5.74, 6) is 0.254. The highest BCUT2D eigenvalue weighted by Crippen LogP contribution is 2.32. The number of hydrogen-bond donors (Lipinski definition) is 0. The molecule has 0 atom stereocenters. The molecule has 6 heteroatoms. The van der Waals surface area contributed by atoms with Gasteiger partial charge in [-0.3, -0.25) is 0 Å². The van der Waals surface area contributed by atoms with Gasteiger partial charge in [-0.25, -0.2) is 0 Å². The van der Waals surface area contributed by atoms with Crippen LogP contribution in [0.1, 0.15) is 0 Å². The summed E-state index contributed by atoms with van der Waals surface area (Å²) >= 11 is 17.8. The summed E-state index contributed by atoms with van der Waals surface area (Å²) in [6.45, 7) is 0. The largest absolute Gasteiger partial charge is 0.618 e. The van der Waals surface area contributed by atoms with Gasteiger partial charge in [-0.2, -0.15) is 4.73 Å². The minimum atomic E-state index is -1.33. The van der Waals surface area contributed by atoms with Crippen molar-refractivity contribution in [3.63, 3.8) is 0 Å². The molecule has 0 spiro atoms. The average molecular weight is 259 g/mol. The van der Waals surface area contributed by atoms with E-state index >= 15 is 0 Å². The molecule has 13 heavy (non-hydrogen) atoms. The number of pyridine rings is 1. The van der Waals surface area contributed by atoms with Crippen LogP contribution in [0.3, 0.4) is 0 Å². The topological polar surface area (TPSA) is 26.9 Å².